The van der Waals surface area contributed by atoms with Crippen molar-refractivity contribution in [3.63, 3.8) is 0 Å². The smallest absolute Gasteiger partial charge is 0.264 e. The van der Waals surface area contributed by atoms with E-state index in [1.807, 2.05) is 27.7 Å². The summed E-state index contributed by atoms with van der Waals surface area (Å²) in [5.74, 6) is 0.854. The van der Waals surface area contributed by atoms with E-state index < -0.39 is 24.5 Å². The van der Waals surface area contributed by atoms with Gasteiger partial charge in [-0.25, -0.2) is 4.68 Å². The molecule has 3 heterocycles. The van der Waals surface area contributed by atoms with E-state index in [1.54, 1.807) is 6.92 Å². The lowest BCUT2D eigenvalue weighted by molar-refractivity contribution is -0.0365. The van der Waals surface area contributed by atoms with E-state index in [0.29, 0.717) is 26.4 Å². The van der Waals surface area contributed by atoms with Crippen LogP contribution in [-0.2, 0) is 35.1 Å². The predicted octanol–water partition coefficient (Wildman–Crippen LogP) is 5.38. The van der Waals surface area contributed by atoms with Crippen LogP contribution < -0.4 is 4.43 Å². The predicted molar refractivity (Wildman–Crippen MR) is 165 cm³/mol. The van der Waals surface area contributed by atoms with Crippen LogP contribution in [0.2, 0.25) is 18.1 Å². The van der Waals surface area contributed by atoms with E-state index in [1.165, 1.54) is 0 Å². The van der Waals surface area contributed by atoms with E-state index >= 15 is 0 Å². The highest BCUT2D eigenvalue weighted by Gasteiger charge is 2.39. The van der Waals surface area contributed by atoms with Crippen molar-refractivity contribution in [1.29, 1.82) is 0 Å². The summed E-state index contributed by atoms with van der Waals surface area (Å²) in [6.45, 7) is 15.5. The van der Waals surface area contributed by atoms with Gasteiger partial charge in [0, 0.05) is 18.2 Å². The van der Waals surface area contributed by atoms with Gasteiger partial charge in [0.05, 0.1) is 50.8 Å². The molecule has 1 aliphatic rings. The quantitative estimate of drug-likeness (QED) is 0.133. The maximum absolute atomic E-state index is 11.2. The largest absolute Gasteiger partial charge is 0.543 e. The van der Waals surface area contributed by atoms with Crippen molar-refractivity contribution in [3.05, 3.63) is 30.5 Å². The van der Waals surface area contributed by atoms with E-state index in [-0.39, 0.29) is 17.9 Å². The Morgan fingerprint density at radius 1 is 1.10 bits per heavy atom. The van der Waals surface area contributed by atoms with Gasteiger partial charge in [-0.3, -0.25) is 8.86 Å². The minimum absolute atomic E-state index is 0.0863. The summed E-state index contributed by atoms with van der Waals surface area (Å²) < 4.78 is 54.9. The zero-order valence-corrected chi connectivity index (χ0v) is 27.8. The van der Waals surface area contributed by atoms with Crippen LogP contribution in [0.1, 0.15) is 53.2 Å². The highest BCUT2D eigenvalue weighted by molar-refractivity contribution is 7.86. The third kappa shape index (κ3) is 8.63. The molecular weight excluding hydrogens is 576 g/mol. The molecule has 2 aromatic heterocycles. The monoisotopic (exact) mass is 622 g/mol. The minimum atomic E-state index is -3.49. The van der Waals surface area contributed by atoms with Crippen molar-refractivity contribution in [1.82, 2.24) is 19.6 Å². The number of nitrogens with zero attached hydrogens (tertiary/aromatic N) is 4. The van der Waals surface area contributed by atoms with Gasteiger partial charge in [-0.2, -0.15) is 18.6 Å². The van der Waals surface area contributed by atoms with Gasteiger partial charge in [0.25, 0.3) is 10.1 Å². The summed E-state index contributed by atoms with van der Waals surface area (Å²) in [5.41, 5.74) is 2.59. The Morgan fingerprint density at radius 3 is 2.55 bits per heavy atom. The van der Waals surface area contributed by atoms with Gasteiger partial charge in [-0.15, -0.1) is 0 Å². The topological polar surface area (TPSA) is 116 Å². The van der Waals surface area contributed by atoms with Gasteiger partial charge in [0.1, 0.15) is 17.1 Å². The highest BCUT2D eigenvalue weighted by Crippen LogP contribution is 2.39. The second-order valence-corrected chi connectivity index (χ2v) is 18.7. The van der Waals surface area contributed by atoms with Gasteiger partial charge in [-0.05, 0) is 68.6 Å². The van der Waals surface area contributed by atoms with Crippen LogP contribution >= 0.6 is 0 Å². The molecule has 2 atom stereocenters. The van der Waals surface area contributed by atoms with Gasteiger partial charge in [-0.1, -0.05) is 20.8 Å². The average molecular weight is 623 g/mol. The van der Waals surface area contributed by atoms with Crippen LogP contribution in [0.15, 0.2) is 30.5 Å². The molecule has 234 valence electrons. The summed E-state index contributed by atoms with van der Waals surface area (Å²) in [4.78, 5) is 0. The molecular formula is C29H46N4O7SSi. The summed E-state index contributed by atoms with van der Waals surface area (Å²) >= 11 is 0. The molecule has 0 bridgehead atoms. The average Bonchev–Trinajstić information content (AvgIpc) is 3.51. The van der Waals surface area contributed by atoms with E-state index in [9.17, 15) is 8.42 Å². The van der Waals surface area contributed by atoms with Crippen LogP contribution in [0.25, 0.3) is 22.3 Å². The fraction of sp³-hybridized carbons (Fsp3) is 0.655. The van der Waals surface area contributed by atoms with E-state index in [0.717, 1.165) is 60.2 Å². The molecule has 13 heteroatoms. The highest BCUT2D eigenvalue weighted by atomic mass is 32.2. The fourth-order valence-electron chi connectivity index (χ4n) is 4.52. The Morgan fingerprint density at radius 2 is 1.86 bits per heavy atom. The molecule has 0 amide bonds. The van der Waals surface area contributed by atoms with E-state index in [4.69, 9.17) is 33.0 Å². The molecule has 1 aromatic carbocycles. The van der Waals surface area contributed by atoms with Gasteiger partial charge in [0.2, 0.25) is 8.32 Å². The molecule has 1 aliphatic heterocycles. The Balaban J connectivity index is 1.43. The van der Waals surface area contributed by atoms with Crippen LogP contribution in [0.5, 0.6) is 5.75 Å². The Kier molecular flexibility index (Phi) is 10.5. The first kappa shape index (κ1) is 32.6. The zero-order chi connectivity index (χ0) is 30.5. The minimum Gasteiger partial charge on any atom is -0.543 e. The van der Waals surface area contributed by atoms with Crippen molar-refractivity contribution < 1.29 is 31.2 Å². The number of hydrogen-bond donors (Lipinski definition) is 0. The number of rotatable bonds is 14. The molecule has 0 spiro atoms. The van der Waals surface area contributed by atoms with Crippen LogP contribution in [-0.4, -0.2) is 81.7 Å². The first-order valence-corrected chi connectivity index (χ1v) is 19.4. The molecule has 3 aromatic rings. The third-order valence-electron chi connectivity index (χ3n) is 7.70. The second-order valence-electron chi connectivity index (χ2n) is 12.4. The molecule has 0 saturated carbocycles. The maximum Gasteiger partial charge on any atom is 0.264 e. The number of fused-ring (bicyclic) bond motifs is 1. The van der Waals surface area contributed by atoms with Crippen molar-refractivity contribution in [2.75, 3.05) is 39.3 Å². The molecule has 2 unspecified atom stereocenters. The standard InChI is InChI=1S/C29H46N4O7SSi/c1-22(39-41(5,34)35)21-37-19-18-36-17-15-32-14-13-25(30-32)28-24-20-23(40-42(6,7)29(2,3)4)11-12-26(24)33(31-28)27-10-8-9-16-38-27/h11-14,20,22,27H,8-10,15-19,21H2,1-7H3. The first-order chi connectivity index (χ1) is 19.7. The van der Waals surface area contributed by atoms with Gasteiger partial charge < -0.3 is 18.6 Å². The van der Waals surface area contributed by atoms with E-state index in [2.05, 4.69) is 46.0 Å². The Labute approximate surface area is 250 Å². The fourth-order valence-corrected chi connectivity index (χ4v) is 6.20. The lowest BCUT2D eigenvalue weighted by Crippen LogP contribution is -2.43. The maximum atomic E-state index is 11.2. The zero-order valence-electron chi connectivity index (χ0n) is 26.0. The van der Waals surface area contributed by atoms with Gasteiger partial charge in [0.15, 0.2) is 6.23 Å². The number of benzene rings is 1. The first-order valence-electron chi connectivity index (χ1n) is 14.6. The molecule has 42 heavy (non-hydrogen) atoms. The molecule has 4 rings (SSSR count). The van der Waals surface area contributed by atoms with Crippen LogP contribution in [0.3, 0.4) is 0 Å². The Hall–Kier alpha value is -2.29. The van der Waals surface area contributed by atoms with Crippen molar-refractivity contribution in [2.24, 2.45) is 0 Å². The SMILES string of the molecule is CC(COCCOCCn1ccc(-c2nn(C3CCCCO3)c3ccc(O[Si](C)(C)C(C)(C)C)cc23)n1)OS(C)(=O)=O. The molecule has 11 nitrogen and oxygen atoms in total. The molecule has 0 N–H and O–H groups in total. The second kappa shape index (κ2) is 13.6. The number of hydrogen-bond acceptors (Lipinski definition) is 9. The van der Waals surface area contributed by atoms with Gasteiger partial charge >= 0.3 is 0 Å². The Bertz CT molecular complexity index is 1430. The summed E-state index contributed by atoms with van der Waals surface area (Å²) in [5, 5.41) is 10.9. The summed E-state index contributed by atoms with van der Waals surface area (Å²) in [6.07, 6.45) is 5.43. The summed E-state index contributed by atoms with van der Waals surface area (Å²) in [7, 11) is -5.51. The van der Waals surface area contributed by atoms with Crippen molar-refractivity contribution >= 4 is 29.3 Å². The molecule has 0 radical (unpaired) electrons. The third-order valence-corrected chi connectivity index (χ3v) is 12.7. The van der Waals surface area contributed by atoms with Crippen molar-refractivity contribution in [2.45, 2.75) is 84.0 Å². The van der Waals surface area contributed by atoms with Crippen LogP contribution in [0, 0.1) is 0 Å². The molecule has 1 fully saturated rings. The number of ether oxygens (including phenoxy) is 3. The normalized spacial score (nSPS) is 17.5. The van der Waals surface area contributed by atoms with Crippen LogP contribution in [0.4, 0.5) is 0 Å². The number of aromatic nitrogens is 4. The van der Waals surface area contributed by atoms with Crippen molar-refractivity contribution in [3.8, 4) is 17.1 Å². The summed E-state index contributed by atoms with van der Waals surface area (Å²) in [6, 6.07) is 8.21. The molecule has 1 saturated heterocycles. The lowest BCUT2D eigenvalue weighted by Gasteiger charge is -2.36. The lowest BCUT2D eigenvalue weighted by atomic mass is 10.1. The molecule has 0 aliphatic carbocycles.